The molecule has 0 spiro atoms. The first-order chi connectivity index (χ1) is 12.8. The first-order valence-electron chi connectivity index (χ1n) is 9.76. The highest BCUT2D eigenvalue weighted by atomic mass is 35.5. The molecule has 4 saturated carbocycles. The molecule has 4 nitrogen and oxygen atoms in total. The number of carbonyl (C=O) groups is 2. The van der Waals surface area contributed by atoms with Crippen molar-refractivity contribution in [3.05, 3.63) is 33.8 Å². The summed E-state index contributed by atoms with van der Waals surface area (Å²) in [4.78, 5) is 24.6. The van der Waals surface area contributed by atoms with Crippen molar-refractivity contribution in [2.75, 3.05) is 6.61 Å². The van der Waals surface area contributed by atoms with E-state index in [1.54, 1.807) is 6.07 Å². The quantitative estimate of drug-likeness (QED) is 0.705. The molecule has 1 atom stereocenters. The van der Waals surface area contributed by atoms with E-state index in [0.717, 1.165) is 17.8 Å². The Bertz CT molecular complexity index is 729. The molecule has 5 rings (SSSR count). The van der Waals surface area contributed by atoms with E-state index in [0.29, 0.717) is 5.02 Å². The Morgan fingerprint density at radius 2 is 1.74 bits per heavy atom. The molecule has 4 bridgehead atoms. The predicted octanol–water partition coefficient (Wildman–Crippen LogP) is 4.87. The normalized spacial score (nSPS) is 32.2. The van der Waals surface area contributed by atoms with Gasteiger partial charge in [-0.15, -0.1) is 0 Å². The van der Waals surface area contributed by atoms with Gasteiger partial charge in [-0.2, -0.15) is 0 Å². The molecule has 0 aliphatic heterocycles. The third-order valence-electron chi connectivity index (χ3n) is 6.86. The lowest BCUT2D eigenvalue weighted by atomic mass is 9.48. The Balaban J connectivity index is 1.33. The number of carbonyl (C=O) groups excluding carboxylic acids is 2. The zero-order chi connectivity index (χ0) is 19.2. The van der Waals surface area contributed by atoms with E-state index in [9.17, 15) is 9.59 Å². The fourth-order valence-corrected chi connectivity index (χ4v) is 6.37. The Morgan fingerprint density at radius 1 is 1.15 bits per heavy atom. The standard InChI is InChI=1S/C21H25Cl2NO3/c1-12(21-8-13-4-14(9-21)6-15(5-13)10-21)24-19(25)11-27-20(26)17-7-16(22)2-3-18(17)23/h2-3,7,12-15H,4-6,8-11H2,1H3,(H,24,25)/t12-,13?,14?,15?,21?/m1/s1. The topological polar surface area (TPSA) is 55.4 Å². The molecule has 1 amide bonds. The van der Waals surface area contributed by atoms with Crippen molar-refractivity contribution in [2.45, 2.75) is 51.5 Å². The third-order valence-corrected chi connectivity index (χ3v) is 7.43. The maximum Gasteiger partial charge on any atom is 0.340 e. The molecule has 1 N–H and O–H groups in total. The molecule has 6 heteroatoms. The van der Waals surface area contributed by atoms with E-state index in [1.165, 1.54) is 50.7 Å². The van der Waals surface area contributed by atoms with Crippen LogP contribution < -0.4 is 5.32 Å². The second-order valence-electron chi connectivity index (χ2n) is 8.77. The number of rotatable bonds is 5. The SMILES string of the molecule is C[C@@H](NC(=O)COC(=O)c1cc(Cl)ccc1Cl)C12CC3CC(CC(C3)C1)C2. The van der Waals surface area contributed by atoms with Crippen molar-refractivity contribution in [1.29, 1.82) is 0 Å². The molecule has 4 fully saturated rings. The minimum absolute atomic E-state index is 0.104. The second kappa shape index (κ2) is 7.29. The molecule has 0 saturated heterocycles. The highest BCUT2D eigenvalue weighted by Crippen LogP contribution is 2.61. The van der Waals surface area contributed by atoms with Gasteiger partial charge in [-0.05, 0) is 86.8 Å². The van der Waals surface area contributed by atoms with Crippen molar-refractivity contribution < 1.29 is 14.3 Å². The molecule has 4 aliphatic rings. The van der Waals surface area contributed by atoms with Gasteiger partial charge in [-0.25, -0.2) is 4.79 Å². The maximum atomic E-state index is 12.4. The summed E-state index contributed by atoms with van der Waals surface area (Å²) in [5, 5.41) is 3.75. The first-order valence-corrected chi connectivity index (χ1v) is 10.5. The van der Waals surface area contributed by atoms with Crippen LogP contribution in [0, 0.1) is 23.2 Å². The molecule has 0 unspecified atom stereocenters. The molecule has 27 heavy (non-hydrogen) atoms. The molecular weight excluding hydrogens is 385 g/mol. The van der Waals surface area contributed by atoms with Crippen LogP contribution in [0.4, 0.5) is 0 Å². The predicted molar refractivity (Wildman–Crippen MR) is 105 cm³/mol. The zero-order valence-electron chi connectivity index (χ0n) is 15.5. The fraction of sp³-hybridized carbons (Fsp3) is 0.619. The summed E-state index contributed by atoms with van der Waals surface area (Å²) in [7, 11) is 0. The van der Waals surface area contributed by atoms with Gasteiger partial charge in [0.15, 0.2) is 6.61 Å². The van der Waals surface area contributed by atoms with Crippen LogP contribution in [-0.4, -0.2) is 24.5 Å². The van der Waals surface area contributed by atoms with Crippen LogP contribution in [0.2, 0.25) is 10.0 Å². The summed E-state index contributed by atoms with van der Waals surface area (Å²) in [5.74, 6) is 1.60. The number of esters is 1. The number of hydrogen-bond donors (Lipinski definition) is 1. The van der Waals surface area contributed by atoms with Crippen molar-refractivity contribution in [1.82, 2.24) is 5.32 Å². The van der Waals surface area contributed by atoms with Crippen LogP contribution in [0.25, 0.3) is 0 Å². The van der Waals surface area contributed by atoms with Gasteiger partial charge in [-0.1, -0.05) is 23.2 Å². The largest absolute Gasteiger partial charge is 0.452 e. The minimum atomic E-state index is -0.639. The van der Waals surface area contributed by atoms with E-state index in [-0.39, 0.29) is 34.6 Å². The van der Waals surface area contributed by atoms with Crippen LogP contribution in [0.5, 0.6) is 0 Å². The number of amides is 1. The van der Waals surface area contributed by atoms with E-state index >= 15 is 0 Å². The van der Waals surface area contributed by atoms with E-state index in [2.05, 4.69) is 12.2 Å². The van der Waals surface area contributed by atoms with Gasteiger partial charge in [0.05, 0.1) is 10.6 Å². The molecule has 0 aromatic heterocycles. The highest BCUT2D eigenvalue weighted by molar-refractivity contribution is 6.35. The van der Waals surface area contributed by atoms with Crippen molar-refractivity contribution in [2.24, 2.45) is 23.2 Å². The number of nitrogens with one attached hydrogen (secondary N) is 1. The smallest absolute Gasteiger partial charge is 0.340 e. The number of ether oxygens (including phenoxy) is 1. The fourth-order valence-electron chi connectivity index (χ4n) is 6.01. The van der Waals surface area contributed by atoms with Crippen molar-refractivity contribution >= 4 is 35.1 Å². The van der Waals surface area contributed by atoms with Crippen LogP contribution in [0.15, 0.2) is 18.2 Å². The first kappa shape index (κ1) is 19.1. The highest BCUT2D eigenvalue weighted by Gasteiger charge is 2.53. The van der Waals surface area contributed by atoms with Crippen LogP contribution in [0.3, 0.4) is 0 Å². The maximum absolute atomic E-state index is 12.4. The summed E-state index contributed by atoms with van der Waals surface area (Å²) in [6.07, 6.45) is 7.78. The van der Waals surface area contributed by atoms with E-state index in [4.69, 9.17) is 27.9 Å². The summed E-state index contributed by atoms with van der Waals surface area (Å²) in [6.45, 7) is 1.80. The van der Waals surface area contributed by atoms with Gasteiger partial charge in [0, 0.05) is 11.1 Å². The third kappa shape index (κ3) is 3.84. The number of hydrogen-bond acceptors (Lipinski definition) is 3. The lowest BCUT2D eigenvalue weighted by Gasteiger charge is -2.59. The van der Waals surface area contributed by atoms with Gasteiger partial charge in [0.2, 0.25) is 0 Å². The van der Waals surface area contributed by atoms with E-state index in [1.807, 2.05) is 0 Å². The number of halogens is 2. The van der Waals surface area contributed by atoms with Gasteiger partial charge in [0.25, 0.3) is 5.91 Å². The molecular formula is C21H25Cl2NO3. The van der Waals surface area contributed by atoms with Gasteiger partial charge >= 0.3 is 5.97 Å². The summed E-state index contributed by atoms with van der Waals surface area (Å²) >= 11 is 11.9. The van der Waals surface area contributed by atoms with Crippen LogP contribution in [-0.2, 0) is 9.53 Å². The average molecular weight is 410 g/mol. The summed E-state index contributed by atoms with van der Waals surface area (Å²) in [5.41, 5.74) is 0.399. The molecule has 146 valence electrons. The second-order valence-corrected chi connectivity index (χ2v) is 9.61. The molecule has 0 heterocycles. The van der Waals surface area contributed by atoms with E-state index < -0.39 is 5.97 Å². The lowest BCUT2D eigenvalue weighted by molar-refractivity contribution is -0.128. The van der Waals surface area contributed by atoms with Crippen molar-refractivity contribution in [3.63, 3.8) is 0 Å². The minimum Gasteiger partial charge on any atom is -0.452 e. The van der Waals surface area contributed by atoms with Crippen molar-refractivity contribution in [3.8, 4) is 0 Å². The Morgan fingerprint density at radius 3 is 2.33 bits per heavy atom. The summed E-state index contributed by atoms with van der Waals surface area (Å²) in [6, 6.07) is 4.69. The van der Waals surface area contributed by atoms with Gasteiger partial charge in [-0.3, -0.25) is 4.79 Å². The zero-order valence-corrected chi connectivity index (χ0v) is 17.0. The van der Waals surface area contributed by atoms with Crippen LogP contribution >= 0.6 is 23.2 Å². The van der Waals surface area contributed by atoms with Crippen LogP contribution in [0.1, 0.15) is 55.8 Å². The monoisotopic (exact) mass is 409 g/mol. The summed E-state index contributed by atoms with van der Waals surface area (Å²) < 4.78 is 5.15. The van der Waals surface area contributed by atoms with Gasteiger partial charge in [0.1, 0.15) is 0 Å². The Labute approximate surface area is 169 Å². The average Bonchev–Trinajstić information content (AvgIpc) is 2.60. The number of benzene rings is 1. The lowest BCUT2D eigenvalue weighted by Crippen LogP contribution is -2.56. The molecule has 0 radical (unpaired) electrons. The Hall–Kier alpha value is -1.26. The molecule has 1 aromatic rings. The Kier molecular flexibility index (Phi) is 5.15. The van der Waals surface area contributed by atoms with Gasteiger partial charge < -0.3 is 10.1 Å². The molecule has 4 aliphatic carbocycles. The molecule has 1 aromatic carbocycles.